The standard InChI is InChI=1S/C19H31N6O2PS/c1-19(2,3)28(24-7-11-26-12-8-24,25-9-13-27-14-10-25)23-18(29)22-21-16-17-5-4-6-20-15-17/h4-6,15-16H,7-14H2,1-3H3,(H,22,29)/b21-16-. The number of hydrazone groups is 1. The molecule has 1 N–H and O–H groups in total. The molecule has 0 bridgehead atoms. The van der Waals surface area contributed by atoms with Crippen LogP contribution < -0.4 is 5.43 Å². The van der Waals surface area contributed by atoms with E-state index in [0.717, 1.165) is 58.2 Å². The summed E-state index contributed by atoms with van der Waals surface area (Å²) in [5.41, 5.74) is 3.86. The van der Waals surface area contributed by atoms with Crippen LogP contribution in [0.15, 0.2) is 34.4 Å². The molecule has 160 valence electrons. The molecular formula is C19H31N6O2PS. The first-order valence-electron chi connectivity index (χ1n) is 9.95. The monoisotopic (exact) mass is 438 g/mol. The zero-order chi connectivity index (χ0) is 20.7. The summed E-state index contributed by atoms with van der Waals surface area (Å²) in [6.07, 6.45) is 5.19. The van der Waals surface area contributed by atoms with Gasteiger partial charge in [0.25, 0.3) is 0 Å². The Morgan fingerprint density at radius 1 is 1.14 bits per heavy atom. The van der Waals surface area contributed by atoms with Gasteiger partial charge in [-0.25, -0.2) is 4.74 Å². The molecule has 2 saturated heterocycles. The van der Waals surface area contributed by atoms with Crippen LogP contribution >= 0.6 is 19.6 Å². The Morgan fingerprint density at radius 3 is 2.21 bits per heavy atom. The average molecular weight is 439 g/mol. The van der Waals surface area contributed by atoms with E-state index in [2.05, 4.69) is 45.6 Å². The van der Waals surface area contributed by atoms with Gasteiger partial charge < -0.3 is 9.47 Å². The van der Waals surface area contributed by atoms with Gasteiger partial charge in [0, 0.05) is 49.3 Å². The second-order valence-electron chi connectivity index (χ2n) is 7.93. The maximum absolute atomic E-state index is 5.63. The molecule has 0 saturated carbocycles. The summed E-state index contributed by atoms with van der Waals surface area (Å²) in [5, 5.41) is 4.61. The van der Waals surface area contributed by atoms with E-state index in [0.29, 0.717) is 5.11 Å². The molecule has 1 aromatic rings. The number of pyridine rings is 1. The zero-order valence-electron chi connectivity index (χ0n) is 17.5. The van der Waals surface area contributed by atoms with Crippen molar-refractivity contribution in [3.63, 3.8) is 0 Å². The number of hydrogen-bond donors (Lipinski definition) is 1. The first kappa shape index (κ1) is 22.5. The van der Waals surface area contributed by atoms with Crippen LogP contribution in [0.5, 0.6) is 0 Å². The molecule has 0 atom stereocenters. The molecule has 8 nitrogen and oxygen atoms in total. The van der Waals surface area contributed by atoms with Gasteiger partial charge >= 0.3 is 0 Å². The lowest BCUT2D eigenvalue weighted by molar-refractivity contribution is 0.0551. The van der Waals surface area contributed by atoms with Crippen LogP contribution in [-0.2, 0) is 9.47 Å². The van der Waals surface area contributed by atoms with Crippen LogP contribution in [0.2, 0.25) is 0 Å². The van der Waals surface area contributed by atoms with E-state index in [1.807, 2.05) is 12.1 Å². The Bertz CT molecular complexity index is 734. The van der Waals surface area contributed by atoms with Crippen LogP contribution in [0.3, 0.4) is 0 Å². The number of ether oxygens (including phenoxy) is 2. The fourth-order valence-corrected chi connectivity index (χ4v) is 8.47. The highest BCUT2D eigenvalue weighted by atomic mass is 32.1. The Labute approximate surface area is 178 Å². The molecule has 0 radical (unpaired) electrons. The molecule has 29 heavy (non-hydrogen) atoms. The zero-order valence-corrected chi connectivity index (χ0v) is 19.2. The Balaban J connectivity index is 1.91. The molecule has 0 spiro atoms. The minimum atomic E-state index is -2.16. The second kappa shape index (κ2) is 10.2. The summed E-state index contributed by atoms with van der Waals surface area (Å²) in [5.74, 6) is 0. The fourth-order valence-electron chi connectivity index (χ4n) is 3.73. The van der Waals surface area contributed by atoms with Crippen molar-refractivity contribution in [2.24, 2.45) is 9.85 Å². The Hall–Kier alpha value is -1.22. The quantitative estimate of drug-likeness (QED) is 0.335. The first-order chi connectivity index (χ1) is 13.9. The molecule has 0 aliphatic carbocycles. The van der Waals surface area contributed by atoms with Crippen LogP contribution in [0, 0.1) is 0 Å². The number of aromatic nitrogens is 1. The summed E-state index contributed by atoms with van der Waals surface area (Å²) < 4.78 is 21.5. The van der Waals surface area contributed by atoms with Crippen molar-refractivity contribution in [3.05, 3.63) is 30.1 Å². The van der Waals surface area contributed by atoms with Crippen molar-refractivity contribution in [3.8, 4) is 0 Å². The van der Waals surface area contributed by atoms with Crippen LogP contribution in [-0.4, -0.2) is 83.4 Å². The SMILES string of the molecule is CC(C)(C)P(=NC(=S)N/N=C\c1cccnc1)(N1CCOCC1)N1CCOCC1. The Kier molecular flexibility index (Phi) is 7.90. The van der Waals surface area contributed by atoms with Gasteiger partial charge in [-0.1, -0.05) is 26.8 Å². The highest BCUT2D eigenvalue weighted by Crippen LogP contribution is 2.66. The lowest BCUT2D eigenvalue weighted by Crippen LogP contribution is -2.48. The number of hydrogen-bond acceptors (Lipinski definition) is 5. The molecule has 0 amide bonds. The van der Waals surface area contributed by atoms with Crippen molar-refractivity contribution < 1.29 is 9.47 Å². The number of nitrogens with zero attached hydrogens (tertiary/aromatic N) is 5. The van der Waals surface area contributed by atoms with Crippen molar-refractivity contribution in [1.82, 2.24) is 19.8 Å². The lowest BCUT2D eigenvalue weighted by atomic mass is 10.3. The minimum absolute atomic E-state index is 0.0829. The lowest BCUT2D eigenvalue weighted by Gasteiger charge is -2.52. The molecule has 2 aliphatic heterocycles. The predicted octanol–water partition coefficient (Wildman–Crippen LogP) is 2.78. The molecule has 1 aromatic heterocycles. The van der Waals surface area contributed by atoms with Gasteiger partial charge in [-0.2, -0.15) is 5.10 Å². The summed E-state index contributed by atoms with van der Waals surface area (Å²) in [4.78, 5) is 4.09. The molecule has 2 aliphatic rings. The highest BCUT2D eigenvalue weighted by molar-refractivity contribution is 7.81. The van der Waals surface area contributed by atoms with E-state index < -0.39 is 7.36 Å². The molecule has 2 fully saturated rings. The first-order valence-corrected chi connectivity index (χ1v) is 12.0. The smallest absolute Gasteiger partial charge is 0.214 e. The molecule has 3 heterocycles. The average Bonchev–Trinajstić information content (AvgIpc) is 2.73. The number of morpholine rings is 2. The van der Waals surface area contributed by atoms with Gasteiger partial charge in [0.2, 0.25) is 5.11 Å². The van der Waals surface area contributed by atoms with E-state index >= 15 is 0 Å². The van der Waals surface area contributed by atoms with Gasteiger partial charge in [-0.15, -0.1) is 0 Å². The molecule has 0 unspecified atom stereocenters. The number of thiocarbonyl (C=S) groups is 1. The van der Waals surface area contributed by atoms with Crippen LogP contribution in [0.4, 0.5) is 0 Å². The van der Waals surface area contributed by atoms with Crippen molar-refractivity contribution in [1.29, 1.82) is 0 Å². The van der Waals surface area contributed by atoms with Gasteiger partial charge in [0.05, 0.1) is 32.6 Å². The molecule has 10 heteroatoms. The third-order valence-corrected chi connectivity index (χ3v) is 9.93. The molecule has 3 rings (SSSR count). The van der Waals surface area contributed by atoms with E-state index in [1.54, 1.807) is 18.6 Å². The second-order valence-corrected chi connectivity index (χ2v) is 12.1. The Morgan fingerprint density at radius 2 is 1.72 bits per heavy atom. The highest BCUT2D eigenvalue weighted by Gasteiger charge is 2.45. The maximum atomic E-state index is 5.63. The fraction of sp³-hybridized carbons (Fsp3) is 0.632. The van der Waals surface area contributed by atoms with E-state index in [9.17, 15) is 0 Å². The number of rotatable bonds is 4. The largest absolute Gasteiger partial charge is 0.379 e. The van der Waals surface area contributed by atoms with Gasteiger partial charge in [0.15, 0.2) is 0 Å². The van der Waals surface area contributed by atoms with Gasteiger partial charge in [-0.3, -0.25) is 19.8 Å². The van der Waals surface area contributed by atoms with Gasteiger partial charge in [0.1, 0.15) is 7.36 Å². The third kappa shape index (κ3) is 5.48. The molecule has 0 aromatic carbocycles. The van der Waals surface area contributed by atoms with Crippen molar-refractivity contribution in [2.45, 2.75) is 25.9 Å². The van der Waals surface area contributed by atoms with Crippen molar-refractivity contribution in [2.75, 3.05) is 52.6 Å². The van der Waals surface area contributed by atoms with Gasteiger partial charge in [-0.05, 0) is 18.3 Å². The normalized spacial score (nSPS) is 20.0. The van der Waals surface area contributed by atoms with Crippen molar-refractivity contribution >= 4 is 30.9 Å². The third-order valence-electron chi connectivity index (χ3n) is 4.95. The van der Waals surface area contributed by atoms with Crippen LogP contribution in [0.1, 0.15) is 26.3 Å². The summed E-state index contributed by atoms with van der Waals surface area (Å²) in [7, 11) is -2.16. The minimum Gasteiger partial charge on any atom is -0.379 e. The summed E-state index contributed by atoms with van der Waals surface area (Å²) >= 11 is 5.63. The van der Waals surface area contributed by atoms with E-state index in [1.165, 1.54) is 0 Å². The number of nitrogens with one attached hydrogen (secondary N) is 1. The maximum Gasteiger partial charge on any atom is 0.214 e. The summed E-state index contributed by atoms with van der Waals surface area (Å²) in [6.45, 7) is 13.1. The van der Waals surface area contributed by atoms with E-state index in [4.69, 9.17) is 26.4 Å². The topological polar surface area (TPSA) is 74.6 Å². The molecular weight excluding hydrogens is 407 g/mol. The van der Waals surface area contributed by atoms with E-state index in [-0.39, 0.29) is 5.16 Å². The predicted molar refractivity (Wildman–Crippen MR) is 121 cm³/mol. The summed E-state index contributed by atoms with van der Waals surface area (Å²) in [6, 6.07) is 3.81. The van der Waals surface area contributed by atoms with Crippen LogP contribution in [0.25, 0.3) is 0 Å².